The van der Waals surface area contributed by atoms with E-state index in [0.717, 1.165) is 22.5 Å². The van der Waals surface area contributed by atoms with E-state index >= 15 is 0 Å². The summed E-state index contributed by atoms with van der Waals surface area (Å²) >= 11 is 0. The molecule has 0 atom stereocenters. The Kier molecular flexibility index (Phi) is 3.00. The van der Waals surface area contributed by atoms with Crippen molar-refractivity contribution < 1.29 is 9.21 Å². The van der Waals surface area contributed by atoms with Gasteiger partial charge in [0, 0.05) is 12.6 Å². The molecule has 0 spiro atoms. The van der Waals surface area contributed by atoms with E-state index in [9.17, 15) is 4.79 Å². The fraction of sp³-hybridized carbons (Fsp3) is 0.214. The lowest BCUT2D eigenvalue weighted by Crippen LogP contribution is -2.17. The maximum absolute atomic E-state index is 11.8. The molecule has 0 aliphatic rings. The molecule has 0 bridgehead atoms. The van der Waals surface area contributed by atoms with Crippen molar-refractivity contribution in [1.29, 1.82) is 0 Å². The summed E-state index contributed by atoms with van der Waals surface area (Å²) in [6.07, 6.45) is 0. The number of carbonyl (C=O) groups is 1. The summed E-state index contributed by atoms with van der Waals surface area (Å²) in [5.41, 5.74) is 2.89. The number of amides is 1. The summed E-state index contributed by atoms with van der Waals surface area (Å²) < 4.78 is 5.54. The number of benzene rings is 1. The minimum absolute atomic E-state index is 0.194. The fourth-order valence-corrected chi connectivity index (χ4v) is 1.85. The zero-order valence-electron chi connectivity index (χ0n) is 10.2. The van der Waals surface area contributed by atoms with Gasteiger partial charge in [-0.25, -0.2) is 0 Å². The Balaban J connectivity index is 2.64. The third-order valence-corrected chi connectivity index (χ3v) is 2.88. The Morgan fingerprint density at radius 2 is 1.82 bits per heavy atom. The van der Waals surface area contributed by atoms with Crippen molar-refractivity contribution >= 4 is 5.91 Å². The van der Waals surface area contributed by atoms with Gasteiger partial charge in [0.2, 0.25) is 0 Å². The average Bonchev–Trinajstić information content (AvgIpc) is 2.66. The third kappa shape index (κ3) is 1.96. The second kappa shape index (κ2) is 4.45. The minimum Gasteiger partial charge on any atom is -0.455 e. The van der Waals surface area contributed by atoms with Crippen molar-refractivity contribution in [2.75, 3.05) is 7.05 Å². The maximum Gasteiger partial charge on any atom is 0.287 e. The fourth-order valence-electron chi connectivity index (χ4n) is 1.85. The molecule has 1 N–H and O–H groups in total. The number of hydrogen-bond donors (Lipinski definition) is 1. The van der Waals surface area contributed by atoms with Crippen molar-refractivity contribution in [2.24, 2.45) is 0 Å². The van der Waals surface area contributed by atoms with Gasteiger partial charge in [-0.2, -0.15) is 0 Å². The Hall–Kier alpha value is -2.03. The molecule has 1 amide bonds. The predicted molar refractivity (Wildman–Crippen MR) is 67.0 cm³/mol. The lowest BCUT2D eigenvalue weighted by Gasteiger charge is -2.02. The molecule has 0 saturated carbocycles. The molecule has 0 saturated heterocycles. The Morgan fingerprint density at radius 3 is 2.41 bits per heavy atom. The van der Waals surface area contributed by atoms with Gasteiger partial charge in [0.05, 0.1) is 0 Å². The molecule has 88 valence electrons. The molecular weight excluding hydrogens is 214 g/mol. The number of nitrogens with one attached hydrogen (secondary N) is 1. The van der Waals surface area contributed by atoms with Crippen LogP contribution >= 0.6 is 0 Å². The molecule has 3 nitrogen and oxygen atoms in total. The topological polar surface area (TPSA) is 42.2 Å². The number of rotatable bonds is 2. The molecule has 2 aromatic rings. The number of furan rings is 1. The second-order valence-electron chi connectivity index (χ2n) is 3.93. The third-order valence-electron chi connectivity index (χ3n) is 2.88. The molecule has 17 heavy (non-hydrogen) atoms. The van der Waals surface area contributed by atoms with Gasteiger partial charge in [0.15, 0.2) is 5.76 Å². The van der Waals surface area contributed by atoms with Crippen LogP contribution in [0.25, 0.3) is 11.1 Å². The van der Waals surface area contributed by atoms with Gasteiger partial charge in [-0.05, 0) is 25.0 Å². The first-order valence-corrected chi connectivity index (χ1v) is 5.52. The number of carbonyl (C=O) groups excluding carboxylic acids is 1. The predicted octanol–water partition coefficient (Wildman–Crippen LogP) is 2.92. The van der Waals surface area contributed by atoms with Crippen molar-refractivity contribution in [2.45, 2.75) is 13.8 Å². The summed E-state index contributed by atoms with van der Waals surface area (Å²) in [7, 11) is 1.60. The van der Waals surface area contributed by atoms with Crippen molar-refractivity contribution in [1.82, 2.24) is 5.32 Å². The molecule has 0 aliphatic carbocycles. The van der Waals surface area contributed by atoms with E-state index in [0.29, 0.717) is 5.76 Å². The van der Waals surface area contributed by atoms with Gasteiger partial charge in [-0.3, -0.25) is 4.79 Å². The van der Waals surface area contributed by atoms with Crippen LogP contribution in [0.4, 0.5) is 0 Å². The molecule has 1 heterocycles. The van der Waals surface area contributed by atoms with Crippen molar-refractivity contribution in [3.05, 3.63) is 47.4 Å². The summed E-state index contributed by atoms with van der Waals surface area (Å²) in [5, 5.41) is 2.60. The van der Waals surface area contributed by atoms with Crippen LogP contribution in [-0.4, -0.2) is 13.0 Å². The standard InChI is InChI=1S/C14H15NO2/c1-9-10(2)17-13(14(16)15-3)12(9)11-7-5-4-6-8-11/h4-8H,1-3H3,(H,15,16). The van der Waals surface area contributed by atoms with Gasteiger partial charge < -0.3 is 9.73 Å². The van der Waals surface area contributed by atoms with Crippen LogP contribution in [0.2, 0.25) is 0 Å². The largest absolute Gasteiger partial charge is 0.455 e. The summed E-state index contributed by atoms with van der Waals surface area (Å²) in [6.45, 7) is 3.84. The first-order valence-electron chi connectivity index (χ1n) is 5.52. The van der Waals surface area contributed by atoms with E-state index in [1.807, 2.05) is 44.2 Å². The maximum atomic E-state index is 11.8. The molecule has 1 aromatic heterocycles. The molecule has 3 heteroatoms. The molecule has 0 aliphatic heterocycles. The zero-order chi connectivity index (χ0) is 12.4. The molecule has 2 rings (SSSR count). The highest BCUT2D eigenvalue weighted by Crippen LogP contribution is 2.31. The van der Waals surface area contributed by atoms with Gasteiger partial charge in [0.1, 0.15) is 5.76 Å². The molecule has 0 radical (unpaired) electrons. The number of aryl methyl sites for hydroxylation is 1. The van der Waals surface area contributed by atoms with Crippen LogP contribution < -0.4 is 5.32 Å². The van der Waals surface area contributed by atoms with Crippen LogP contribution in [0.1, 0.15) is 21.9 Å². The van der Waals surface area contributed by atoms with Gasteiger partial charge >= 0.3 is 0 Å². The monoisotopic (exact) mass is 229 g/mol. The summed E-state index contributed by atoms with van der Waals surface area (Å²) in [4.78, 5) is 11.8. The highest BCUT2D eigenvalue weighted by Gasteiger charge is 2.20. The van der Waals surface area contributed by atoms with Crippen LogP contribution in [0, 0.1) is 13.8 Å². The van der Waals surface area contributed by atoms with Crippen LogP contribution in [0.15, 0.2) is 34.7 Å². The quantitative estimate of drug-likeness (QED) is 0.860. The normalized spacial score (nSPS) is 10.3. The lowest BCUT2D eigenvalue weighted by molar-refractivity contribution is 0.0935. The van der Waals surface area contributed by atoms with Crippen molar-refractivity contribution in [3.63, 3.8) is 0 Å². The Morgan fingerprint density at radius 1 is 1.18 bits per heavy atom. The Bertz CT molecular complexity index is 541. The molecule has 1 aromatic carbocycles. The van der Waals surface area contributed by atoms with E-state index < -0.39 is 0 Å². The first kappa shape index (κ1) is 11.5. The minimum atomic E-state index is -0.194. The van der Waals surface area contributed by atoms with Gasteiger partial charge in [0.25, 0.3) is 5.91 Å². The van der Waals surface area contributed by atoms with Gasteiger partial charge in [-0.15, -0.1) is 0 Å². The van der Waals surface area contributed by atoms with E-state index in [-0.39, 0.29) is 5.91 Å². The van der Waals surface area contributed by atoms with E-state index in [1.165, 1.54) is 0 Å². The molecule has 0 fully saturated rings. The van der Waals surface area contributed by atoms with E-state index in [1.54, 1.807) is 7.05 Å². The van der Waals surface area contributed by atoms with Crippen molar-refractivity contribution in [3.8, 4) is 11.1 Å². The lowest BCUT2D eigenvalue weighted by atomic mass is 10.0. The summed E-state index contributed by atoms with van der Waals surface area (Å²) in [6, 6.07) is 9.80. The highest BCUT2D eigenvalue weighted by atomic mass is 16.4. The molecular formula is C14H15NO2. The van der Waals surface area contributed by atoms with Crippen LogP contribution in [-0.2, 0) is 0 Å². The summed E-state index contributed by atoms with van der Waals surface area (Å²) in [5.74, 6) is 0.969. The average molecular weight is 229 g/mol. The first-order chi connectivity index (χ1) is 8.15. The Labute approximate surface area is 100 Å². The van der Waals surface area contributed by atoms with Crippen LogP contribution in [0.3, 0.4) is 0 Å². The molecule has 0 unspecified atom stereocenters. The number of hydrogen-bond acceptors (Lipinski definition) is 2. The second-order valence-corrected chi connectivity index (χ2v) is 3.93. The van der Waals surface area contributed by atoms with Crippen LogP contribution in [0.5, 0.6) is 0 Å². The smallest absolute Gasteiger partial charge is 0.287 e. The zero-order valence-corrected chi connectivity index (χ0v) is 10.2. The SMILES string of the molecule is CNC(=O)c1oc(C)c(C)c1-c1ccccc1. The van der Waals surface area contributed by atoms with E-state index in [2.05, 4.69) is 5.32 Å². The van der Waals surface area contributed by atoms with E-state index in [4.69, 9.17) is 4.42 Å². The van der Waals surface area contributed by atoms with Gasteiger partial charge in [-0.1, -0.05) is 30.3 Å². The highest BCUT2D eigenvalue weighted by molar-refractivity contribution is 5.99.